The third-order valence-corrected chi connectivity index (χ3v) is 5.38. The summed E-state index contributed by atoms with van der Waals surface area (Å²) in [7, 11) is 1.47. The maximum atomic E-state index is 13.8. The fourth-order valence-electron chi connectivity index (χ4n) is 4.00. The zero-order chi connectivity index (χ0) is 18.4. The number of guanidine groups is 1. The van der Waals surface area contributed by atoms with Crippen LogP contribution in [0.2, 0.25) is 0 Å². The number of benzene rings is 1. The molecule has 152 valence electrons. The molecule has 1 unspecified atom stereocenters. The lowest BCUT2D eigenvalue weighted by Gasteiger charge is -2.24. The van der Waals surface area contributed by atoms with E-state index in [-0.39, 0.29) is 35.5 Å². The molecule has 0 radical (unpaired) electrons. The molecule has 27 heavy (non-hydrogen) atoms. The van der Waals surface area contributed by atoms with Crippen LogP contribution in [0.4, 0.5) is 4.39 Å². The standard InChI is InChI=1S/C20H31FN4O.HI/c1-3-22-20(23-13-15-8-9-19(26-2)18(21)12-15)24-16-10-11-25(14-16)17-6-4-5-7-17;/h8-9,12,16-17H,3-7,10-11,13-14H2,1-2H3,(H2,22,23,24);1H. The molecular formula is C20H32FIN4O. The van der Waals surface area contributed by atoms with Crippen molar-refractivity contribution in [2.45, 2.75) is 57.7 Å². The fraction of sp³-hybridized carbons (Fsp3) is 0.650. The molecule has 1 aliphatic heterocycles. The Morgan fingerprint density at radius 2 is 2.07 bits per heavy atom. The molecule has 1 aliphatic carbocycles. The first kappa shape index (κ1) is 22.2. The first-order chi connectivity index (χ1) is 12.7. The van der Waals surface area contributed by atoms with Gasteiger partial charge in [-0.3, -0.25) is 4.90 Å². The highest BCUT2D eigenvalue weighted by molar-refractivity contribution is 14.0. The average molecular weight is 490 g/mol. The topological polar surface area (TPSA) is 48.9 Å². The summed E-state index contributed by atoms with van der Waals surface area (Å²) in [5.74, 6) is 0.726. The number of aliphatic imine (C=N–C) groups is 1. The number of nitrogens with one attached hydrogen (secondary N) is 2. The van der Waals surface area contributed by atoms with Gasteiger partial charge in [-0.2, -0.15) is 0 Å². The smallest absolute Gasteiger partial charge is 0.191 e. The molecule has 1 atom stereocenters. The minimum Gasteiger partial charge on any atom is -0.494 e. The van der Waals surface area contributed by atoms with Crippen LogP contribution in [-0.2, 0) is 6.54 Å². The maximum absolute atomic E-state index is 13.8. The van der Waals surface area contributed by atoms with Crippen LogP contribution in [0.5, 0.6) is 5.75 Å². The second-order valence-corrected chi connectivity index (χ2v) is 7.23. The molecule has 0 aromatic heterocycles. The number of halogens is 2. The number of rotatable bonds is 6. The van der Waals surface area contributed by atoms with Crippen LogP contribution in [0.25, 0.3) is 0 Å². The third kappa shape index (κ3) is 6.20. The molecule has 1 aromatic rings. The molecule has 2 N–H and O–H groups in total. The second-order valence-electron chi connectivity index (χ2n) is 7.23. The number of likely N-dealkylation sites (tertiary alicyclic amines) is 1. The minimum absolute atomic E-state index is 0. The van der Waals surface area contributed by atoms with Gasteiger partial charge in [0.2, 0.25) is 0 Å². The quantitative estimate of drug-likeness (QED) is 0.364. The van der Waals surface area contributed by atoms with E-state index in [1.165, 1.54) is 45.4 Å². The lowest BCUT2D eigenvalue weighted by molar-refractivity contribution is 0.242. The van der Waals surface area contributed by atoms with Crippen LogP contribution < -0.4 is 15.4 Å². The van der Waals surface area contributed by atoms with Crippen LogP contribution in [0.15, 0.2) is 23.2 Å². The summed E-state index contributed by atoms with van der Waals surface area (Å²) in [4.78, 5) is 7.27. The van der Waals surface area contributed by atoms with Crippen LogP contribution in [-0.4, -0.2) is 49.7 Å². The predicted molar refractivity (Wildman–Crippen MR) is 119 cm³/mol. The van der Waals surface area contributed by atoms with Gasteiger partial charge in [-0.15, -0.1) is 24.0 Å². The molecule has 1 aromatic carbocycles. The molecule has 0 amide bonds. The largest absolute Gasteiger partial charge is 0.494 e. The summed E-state index contributed by atoms with van der Waals surface area (Å²) in [5, 5.41) is 6.86. The van der Waals surface area contributed by atoms with Gasteiger partial charge in [0, 0.05) is 31.7 Å². The number of ether oxygens (including phenoxy) is 1. The van der Waals surface area contributed by atoms with Crippen molar-refractivity contribution in [2.24, 2.45) is 4.99 Å². The fourth-order valence-corrected chi connectivity index (χ4v) is 4.00. The number of nitrogens with zero attached hydrogens (tertiary/aromatic N) is 2. The van der Waals surface area contributed by atoms with Crippen molar-refractivity contribution in [3.63, 3.8) is 0 Å². The minimum atomic E-state index is -0.346. The molecule has 1 heterocycles. The molecule has 3 rings (SSSR count). The van der Waals surface area contributed by atoms with E-state index in [2.05, 4.69) is 27.4 Å². The lowest BCUT2D eigenvalue weighted by atomic mass is 10.2. The lowest BCUT2D eigenvalue weighted by Crippen LogP contribution is -2.45. The molecule has 7 heteroatoms. The van der Waals surface area contributed by atoms with E-state index in [1.807, 2.05) is 6.07 Å². The van der Waals surface area contributed by atoms with E-state index in [0.717, 1.165) is 37.1 Å². The number of methoxy groups -OCH3 is 1. The first-order valence-corrected chi connectivity index (χ1v) is 9.81. The van der Waals surface area contributed by atoms with Gasteiger partial charge in [0.1, 0.15) is 0 Å². The third-order valence-electron chi connectivity index (χ3n) is 5.38. The normalized spacial score (nSPS) is 21.1. The van der Waals surface area contributed by atoms with E-state index in [1.54, 1.807) is 6.07 Å². The Bertz CT molecular complexity index is 622. The maximum Gasteiger partial charge on any atom is 0.191 e. The van der Waals surface area contributed by atoms with Crippen LogP contribution in [0.1, 0.15) is 44.6 Å². The highest BCUT2D eigenvalue weighted by atomic mass is 127. The van der Waals surface area contributed by atoms with Crippen molar-refractivity contribution in [3.8, 4) is 5.75 Å². The van der Waals surface area contributed by atoms with Gasteiger partial charge in [-0.05, 0) is 43.9 Å². The molecule has 5 nitrogen and oxygen atoms in total. The van der Waals surface area contributed by atoms with Crippen molar-refractivity contribution in [2.75, 3.05) is 26.7 Å². The van der Waals surface area contributed by atoms with Gasteiger partial charge in [0.25, 0.3) is 0 Å². The Kier molecular flexibility index (Phi) is 9.08. The highest BCUT2D eigenvalue weighted by Gasteiger charge is 2.30. The highest BCUT2D eigenvalue weighted by Crippen LogP contribution is 2.26. The van der Waals surface area contributed by atoms with Crippen LogP contribution in [0.3, 0.4) is 0 Å². The molecule has 2 aliphatic rings. The molecule has 1 saturated carbocycles. The molecule has 0 spiro atoms. The van der Waals surface area contributed by atoms with E-state index >= 15 is 0 Å². The monoisotopic (exact) mass is 490 g/mol. The Morgan fingerprint density at radius 3 is 2.74 bits per heavy atom. The van der Waals surface area contributed by atoms with Gasteiger partial charge in [0.15, 0.2) is 17.5 Å². The van der Waals surface area contributed by atoms with Crippen LogP contribution >= 0.6 is 24.0 Å². The average Bonchev–Trinajstić information content (AvgIpc) is 3.31. The van der Waals surface area contributed by atoms with Crippen molar-refractivity contribution in [1.82, 2.24) is 15.5 Å². The summed E-state index contributed by atoms with van der Waals surface area (Å²) >= 11 is 0. The van der Waals surface area contributed by atoms with E-state index in [4.69, 9.17) is 4.74 Å². The SMILES string of the molecule is CCNC(=NCc1ccc(OC)c(F)c1)NC1CCN(C2CCCC2)C1.I. The van der Waals surface area contributed by atoms with E-state index < -0.39 is 0 Å². The van der Waals surface area contributed by atoms with Crippen molar-refractivity contribution < 1.29 is 9.13 Å². The summed E-state index contributed by atoms with van der Waals surface area (Å²) in [6, 6.07) is 6.21. The molecule has 0 bridgehead atoms. The zero-order valence-electron chi connectivity index (χ0n) is 16.3. The zero-order valence-corrected chi connectivity index (χ0v) is 18.7. The molecular weight excluding hydrogens is 458 g/mol. The Labute approximate surface area is 179 Å². The van der Waals surface area contributed by atoms with Crippen molar-refractivity contribution in [3.05, 3.63) is 29.6 Å². The number of hydrogen-bond acceptors (Lipinski definition) is 3. The summed E-state index contributed by atoms with van der Waals surface area (Å²) in [5.41, 5.74) is 0.833. The summed E-state index contributed by atoms with van der Waals surface area (Å²) < 4.78 is 18.8. The van der Waals surface area contributed by atoms with Crippen LogP contribution in [0, 0.1) is 5.82 Å². The Hall–Kier alpha value is -1.09. The predicted octanol–water partition coefficient (Wildman–Crippen LogP) is 3.52. The van der Waals surface area contributed by atoms with Gasteiger partial charge in [-0.1, -0.05) is 18.9 Å². The van der Waals surface area contributed by atoms with E-state index in [9.17, 15) is 4.39 Å². The second kappa shape index (κ2) is 11.0. The summed E-state index contributed by atoms with van der Waals surface area (Å²) in [6.45, 7) is 5.57. The Morgan fingerprint density at radius 1 is 1.30 bits per heavy atom. The van der Waals surface area contributed by atoms with Gasteiger partial charge < -0.3 is 15.4 Å². The van der Waals surface area contributed by atoms with Gasteiger partial charge in [-0.25, -0.2) is 9.38 Å². The first-order valence-electron chi connectivity index (χ1n) is 9.81. The molecule has 1 saturated heterocycles. The Balaban J connectivity index is 0.00000261. The van der Waals surface area contributed by atoms with Gasteiger partial charge >= 0.3 is 0 Å². The number of hydrogen-bond donors (Lipinski definition) is 2. The van der Waals surface area contributed by atoms with Crippen molar-refractivity contribution >= 4 is 29.9 Å². The van der Waals surface area contributed by atoms with Crippen molar-refractivity contribution in [1.29, 1.82) is 0 Å². The van der Waals surface area contributed by atoms with Gasteiger partial charge in [0.05, 0.1) is 13.7 Å². The molecule has 2 fully saturated rings. The van der Waals surface area contributed by atoms with E-state index in [0.29, 0.717) is 12.6 Å². The summed E-state index contributed by atoms with van der Waals surface area (Å²) in [6.07, 6.45) is 6.61.